The maximum absolute atomic E-state index is 13.9. The van der Waals surface area contributed by atoms with Crippen LogP contribution in [0.25, 0.3) is 0 Å². The quantitative estimate of drug-likeness (QED) is 0.270. The Bertz CT molecular complexity index is 1510. The van der Waals surface area contributed by atoms with Gasteiger partial charge in [-0.25, -0.2) is 8.67 Å². The van der Waals surface area contributed by atoms with Gasteiger partial charge in [0.2, 0.25) is 0 Å². The van der Waals surface area contributed by atoms with Gasteiger partial charge < -0.3 is 9.47 Å². The number of rotatable bonds is 9. The van der Waals surface area contributed by atoms with Crippen LogP contribution in [0.2, 0.25) is 0 Å². The average Bonchev–Trinajstić information content (AvgIpc) is 2.87. The molecule has 11 nitrogen and oxygen atoms in total. The molecule has 1 fully saturated rings. The summed E-state index contributed by atoms with van der Waals surface area (Å²) in [7, 11) is -7.39. The third kappa shape index (κ3) is 7.57. The van der Waals surface area contributed by atoms with Crippen molar-refractivity contribution in [2.24, 2.45) is 13.5 Å². The first-order valence-electron chi connectivity index (χ1n) is 12.9. The lowest BCUT2D eigenvalue weighted by Crippen LogP contribution is -2.42. The summed E-state index contributed by atoms with van der Waals surface area (Å²) in [6.07, 6.45) is 0.633. The molecule has 218 valence electrons. The summed E-state index contributed by atoms with van der Waals surface area (Å²) in [5, 5.41) is 21.1. The third-order valence-corrected chi connectivity index (χ3v) is 11.1. The number of ether oxygens (including phenoxy) is 2. The number of nitrogens with zero attached hydrogens (tertiary/aromatic N) is 5. The molecule has 0 saturated carbocycles. The highest BCUT2D eigenvalue weighted by Gasteiger charge is 2.33. The molecule has 2 aromatic rings. The number of nitriles is 1. The molecule has 1 heterocycles. The van der Waals surface area contributed by atoms with Gasteiger partial charge in [0, 0.05) is 39.9 Å². The molecule has 0 aromatic heterocycles. The molecular formula is C27H37N5O6S2. The minimum atomic E-state index is -4.36. The minimum absolute atomic E-state index is 0.128. The van der Waals surface area contributed by atoms with E-state index in [-0.39, 0.29) is 21.6 Å². The first kappa shape index (κ1) is 31.5. The molecule has 3 rings (SSSR count). The zero-order valence-electron chi connectivity index (χ0n) is 23.8. The Hall–Kier alpha value is -3.05. The topological polar surface area (TPSA) is 147 Å². The highest BCUT2D eigenvalue weighted by Crippen LogP contribution is 2.36. The van der Waals surface area contributed by atoms with Crippen LogP contribution >= 0.6 is 0 Å². The smallest absolute Gasteiger partial charge is 0.290 e. The van der Waals surface area contributed by atoms with Crippen LogP contribution in [0.1, 0.15) is 53.5 Å². The van der Waals surface area contributed by atoms with Gasteiger partial charge in [0.1, 0.15) is 11.8 Å². The van der Waals surface area contributed by atoms with Gasteiger partial charge in [-0.05, 0) is 62.9 Å². The van der Waals surface area contributed by atoms with E-state index in [1.54, 1.807) is 18.2 Å². The van der Waals surface area contributed by atoms with Gasteiger partial charge in [-0.15, -0.1) is 3.77 Å². The van der Waals surface area contributed by atoms with Crippen LogP contribution in [0.15, 0.2) is 60.4 Å². The van der Waals surface area contributed by atoms with E-state index in [0.29, 0.717) is 50.0 Å². The molecule has 40 heavy (non-hydrogen) atoms. The SMILES string of the molecule is CCOc1ccc(S(=NC(C)(C)CC(C)(C)C)(=NS(=O)(=O)c2ccc([N+](=O)[O-])cc2)N2CCOCC2)cc1C#N. The fraction of sp³-hybridized carbons (Fsp3) is 0.519. The van der Waals surface area contributed by atoms with Crippen molar-refractivity contribution in [1.29, 1.82) is 5.26 Å². The van der Waals surface area contributed by atoms with Crippen molar-refractivity contribution in [3.8, 4) is 11.8 Å². The van der Waals surface area contributed by atoms with E-state index < -0.39 is 30.3 Å². The first-order chi connectivity index (χ1) is 18.6. The van der Waals surface area contributed by atoms with Crippen LogP contribution < -0.4 is 4.74 Å². The highest BCUT2D eigenvalue weighted by molar-refractivity contribution is 8.03. The normalized spacial score (nSPS) is 16.4. The van der Waals surface area contributed by atoms with Gasteiger partial charge in [-0.1, -0.05) is 20.8 Å². The number of hydrogen-bond acceptors (Lipinski definition) is 8. The Morgan fingerprint density at radius 3 is 2.20 bits per heavy atom. The number of benzene rings is 2. The number of sulfonamides is 1. The molecule has 13 heteroatoms. The Labute approximate surface area is 237 Å². The van der Waals surface area contributed by atoms with E-state index in [1.807, 2.05) is 25.1 Å². The van der Waals surface area contributed by atoms with Gasteiger partial charge >= 0.3 is 0 Å². The summed E-state index contributed by atoms with van der Waals surface area (Å²) in [4.78, 5) is 10.9. The monoisotopic (exact) mass is 591 g/mol. The summed E-state index contributed by atoms with van der Waals surface area (Å²) < 4.78 is 50.8. The highest BCUT2D eigenvalue weighted by atomic mass is 32.3. The predicted molar refractivity (Wildman–Crippen MR) is 154 cm³/mol. The average molecular weight is 592 g/mol. The largest absolute Gasteiger partial charge is 0.492 e. The maximum Gasteiger partial charge on any atom is 0.290 e. The molecule has 0 spiro atoms. The van der Waals surface area contributed by atoms with Crippen molar-refractivity contribution in [3.05, 3.63) is 58.1 Å². The third-order valence-electron chi connectivity index (χ3n) is 5.90. The van der Waals surface area contributed by atoms with Gasteiger partial charge in [0.15, 0.2) is 0 Å². The van der Waals surface area contributed by atoms with E-state index in [9.17, 15) is 23.8 Å². The number of nitro benzene ring substituents is 1. The molecular weight excluding hydrogens is 554 g/mol. The Morgan fingerprint density at radius 1 is 1.07 bits per heavy atom. The second kappa shape index (κ2) is 12.2. The molecule has 0 bridgehead atoms. The van der Waals surface area contributed by atoms with Gasteiger partial charge in [-0.2, -0.15) is 13.7 Å². The number of hydrogen-bond donors (Lipinski definition) is 0. The lowest BCUT2D eigenvalue weighted by atomic mass is 9.82. The van der Waals surface area contributed by atoms with Crippen LogP contribution in [0.5, 0.6) is 5.75 Å². The molecule has 1 aliphatic rings. The number of morpholine rings is 1. The summed E-state index contributed by atoms with van der Waals surface area (Å²) in [5.74, 6) is 0.385. The maximum atomic E-state index is 13.9. The second-order valence-corrected chi connectivity index (χ2v) is 15.4. The molecule has 0 radical (unpaired) electrons. The molecule has 2 aromatic carbocycles. The molecule has 1 unspecified atom stereocenters. The van der Waals surface area contributed by atoms with Crippen LogP contribution in [-0.4, -0.2) is 56.1 Å². The zero-order valence-corrected chi connectivity index (χ0v) is 25.4. The standard InChI is InChI=1S/C27H37N5O6S2/c1-7-38-25-13-12-24(18-21(25)19-28)39(31-14-16-37-17-15-31,29-27(5,6)20-26(2,3)4)30-40(35,36)23-10-8-22(9-11-23)32(33)34/h8-13,18H,7,14-17,20H2,1-6H3. The minimum Gasteiger partial charge on any atom is -0.492 e. The van der Waals surface area contributed by atoms with Crippen LogP contribution in [-0.2, 0) is 24.6 Å². The van der Waals surface area contributed by atoms with Gasteiger partial charge in [-0.3, -0.25) is 10.1 Å². The molecule has 0 aliphatic carbocycles. The van der Waals surface area contributed by atoms with Crippen LogP contribution in [0, 0.1) is 26.9 Å². The number of nitro groups is 1. The van der Waals surface area contributed by atoms with Crippen molar-refractivity contribution >= 4 is 25.5 Å². The second-order valence-electron chi connectivity index (χ2n) is 11.2. The van der Waals surface area contributed by atoms with Crippen LogP contribution in [0.4, 0.5) is 5.69 Å². The van der Waals surface area contributed by atoms with E-state index in [4.69, 9.17) is 13.8 Å². The predicted octanol–water partition coefficient (Wildman–Crippen LogP) is 5.60. The Balaban J connectivity index is 2.45. The Morgan fingerprint density at radius 2 is 1.68 bits per heavy atom. The van der Waals surface area contributed by atoms with E-state index >= 15 is 0 Å². The fourth-order valence-corrected chi connectivity index (χ4v) is 10.0. The summed E-state index contributed by atoms with van der Waals surface area (Å²) >= 11 is 0. The summed E-state index contributed by atoms with van der Waals surface area (Å²) in [6.45, 7) is 13.8. The Kier molecular flexibility index (Phi) is 9.62. The number of non-ortho nitro benzene ring substituents is 1. The van der Waals surface area contributed by atoms with Crippen molar-refractivity contribution < 1.29 is 22.8 Å². The first-order valence-corrected chi connectivity index (χ1v) is 15.9. The van der Waals surface area contributed by atoms with Crippen LogP contribution in [0.3, 0.4) is 0 Å². The lowest BCUT2D eigenvalue weighted by molar-refractivity contribution is -0.384. The zero-order chi connectivity index (χ0) is 29.8. The van der Waals surface area contributed by atoms with E-state index in [2.05, 4.69) is 30.6 Å². The van der Waals surface area contributed by atoms with Gasteiger partial charge in [0.25, 0.3) is 15.7 Å². The van der Waals surface area contributed by atoms with Crippen molar-refractivity contribution in [2.45, 2.75) is 63.3 Å². The van der Waals surface area contributed by atoms with Crippen molar-refractivity contribution in [3.63, 3.8) is 0 Å². The molecule has 0 N–H and O–H groups in total. The van der Waals surface area contributed by atoms with Crippen molar-refractivity contribution in [1.82, 2.24) is 4.31 Å². The lowest BCUT2D eigenvalue weighted by Gasteiger charge is -2.37. The molecule has 1 saturated heterocycles. The van der Waals surface area contributed by atoms with Crippen molar-refractivity contribution in [2.75, 3.05) is 32.9 Å². The summed E-state index contributed by atoms with van der Waals surface area (Å²) in [5.41, 5.74) is -0.828. The van der Waals surface area contributed by atoms with E-state index in [1.165, 1.54) is 12.1 Å². The van der Waals surface area contributed by atoms with Gasteiger partial charge in [0.05, 0.1) is 40.7 Å². The fourth-order valence-electron chi connectivity index (χ4n) is 4.81. The molecule has 1 atom stereocenters. The summed E-state index contributed by atoms with van der Waals surface area (Å²) in [6, 6.07) is 11.8. The molecule has 0 amide bonds. The molecule has 1 aliphatic heterocycles. The van der Waals surface area contributed by atoms with E-state index in [0.717, 1.165) is 12.1 Å².